The molecule has 20 rings (SSSR count). The lowest BCUT2D eigenvalue weighted by atomic mass is 9.87. The van der Waals surface area contributed by atoms with Gasteiger partial charge < -0.3 is 34.0 Å². The van der Waals surface area contributed by atoms with Gasteiger partial charge >= 0.3 is 22.8 Å². The summed E-state index contributed by atoms with van der Waals surface area (Å²) in [7, 11) is 2.15. The lowest BCUT2D eigenvalue weighted by Gasteiger charge is -2.33. The first-order chi connectivity index (χ1) is 59.8. The van der Waals surface area contributed by atoms with Gasteiger partial charge in [-0.15, -0.1) is 0 Å². The zero-order valence-electron chi connectivity index (χ0n) is 70.9. The van der Waals surface area contributed by atoms with E-state index in [4.69, 9.17) is 0 Å². The highest BCUT2D eigenvalue weighted by atomic mass is 16.3. The minimum absolute atomic E-state index is 0.140. The van der Waals surface area contributed by atoms with Crippen molar-refractivity contribution in [1.29, 1.82) is 0 Å². The molecule has 12 aliphatic rings. The molecule has 9 heterocycles. The van der Waals surface area contributed by atoms with Crippen molar-refractivity contribution in [3.63, 3.8) is 0 Å². The summed E-state index contributed by atoms with van der Waals surface area (Å²) in [6.07, 6.45) is 7.97. The van der Waals surface area contributed by atoms with Gasteiger partial charge in [0.2, 0.25) is 0 Å². The molecular weight excluding hydrogens is 1570 g/mol. The zero-order chi connectivity index (χ0) is 86.5. The number of rotatable bonds is 15. The normalized spacial score (nSPS) is 16.1. The maximum Gasteiger partial charge on any atom is 0.349 e. The molecule has 3 aliphatic carbocycles. The summed E-state index contributed by atoms with van der Waals surface area (Å²) in [5, 5.41) is 17.6. The molecule has 7 N–H and O–H groups in total. The van der Waals surface area contributed by atoms with Crippen LogP contribution in [0.4, 0.5) is 0 Å². The summed E-state index contributed by atoms with van der Waals surface area (Å²) in [6, 6.07) is 50.5. The van der Waals surface area contributed by atoms with Crippen molar-refractivity contribution in [1.82, 2.24) is 98.5 Å². The molecule has 0 radical (unpaired) electrons. The Hall–Kier alpha value is -13.3. The first kappa shape index (κ1) is 83.0. The van der Waals surface area contributed by atoms with E-state index in [0.717, 1.165) is 159 Å². The number of aromatic amines is 4. The van der Waals surface area contributed by atoms with E-state index in [2.05, 4.69) is 192 Å². The summed E-state index contributed by atoms with van der Waals surface area (Å²) in [6.45, 7) is 23.1. The number of aliphatic hydroxyl groups excluding tert-OH is 1. The molecule has 0 amide bonds. The van der Waals surface area contributed by atoms with Crippen LogP contribution in [0.1, 0.15) is 133 Å². The van der Waals surface area contributed by atoms with Gasteiger partial charge in [-0.25, -0.2) is 39.1 Å². The standard InChI is InChI=1S/C25H27N5O2.C24H25N5O2.C23H23N5O3.C23H23N5O2/c1-15-13-19-21(14-16(15)2)30(23-22(26-19)24(31)28-25(32)27-23)12-11-29(3)20-10-6-8-17-7-4-5-9-18(17)20;1-14-12-19-20(13-15(14)2)29(22-21(26-19)23(30)28-24(31)27-22)11-10-25-18-9-5-7-16-6-3-4-8-17(16)18;1-12-9-16-17(10-13(12)2)28(21-20(25-16)22(30)27-23(31)26-21)8-7-24-19-15-6-4-3-5-14(15)11-18(19)29;1-14-11-18-19(12-15(14)2)28(21-20(24-18)22(29)26-23(30)25-21)10-9-27-8-7-16-5-3-4-6-17(16)13-27/h4-5,7,9,13-14,20H,6,8,10-12H2,1-3H3,(H,28,31,32);3-4,6,8,12-13,18,25H,5,7,9-11H2,1-2H3,(H,28,30,31);3-6,9-10,18-19,24,29H,7-8,11H2,1-2H3,(H,27,30,31);3-6,11-12H,7-10,13H2,1-2H3,(H,26,29,30)/t;;18-,19-;/m..0./s1. The topological polar surface area (TPSA) is 373 Å². The van der Waals surface area contributed by atoms with Crippen LogP contribution in [-0.4, -0.2) is 139 Å². The minimum Gasteiger partial charge on any atom is -0.391 e. The molecule has 2 unspecified atom stereocenters. The molecule has 0 bridgehead atoms. The quantitative estimate of drug-likeness (QED) is 0.0469. The van der Waals surface area contributed by atoms with E-state index < -0.39 is 51.1 Å². The molecule has 8 aromatic rings. The Labute approximate surface area is 711 Å². The lowest BCUT2D eigenvalue weighted by molar-refractivity contribution is 0.141. The molecule has 8 aromatic carbocycles. The number of aliphatic hydroxyl groups is 1. The number of aryl methyl sites for hydroxylation is 10. The highest BCUT2D eigenvalue weighted by Gasteiger charge is 2.32. The average molecular weight is 1660 g/mol. The number of hydrogen-bond donors (Lipinski definition) is 7. The number of hydrogen-bond acceptors (Lipinski definition) is 21. The van der Waals surface area contributed by atoms with Crippen molar-refractivity contribution in [3.8, 4) is 46.1 Å². The second kappa shape index (κ2) is 34.9. The third-order valence-corrected chi connectivity index (χ3v) is 25.3. The number of aromatic nitrogens is 16. The van der Waals surface area contributed by atoms with Crippen LogP contribution in [0, 0.1) is 55.4 Å². The van der Waals surface area contributed by atoms with Crippen LogP contribution in [0.25, 0.3) is 90.2 Å². The molecular formula is C95H98N20O9. The van der Waals surface area contributed by atoms with Crippen molar-refractivity contribution < 1.29 is 5.11 Å². The van der Waals surface area contributed by atoms with Crippen LogP contribution in [0.2, 0.25) is 0 Å². The molecule has 632 valence electrons. The molecule has 0 spiro atoms. The summed E-state index contributed by atoms with van der Waals surface area (Å²) in [5.74, 6) is 1.28. The fraction of sp³-hybridized carbons (Fsp3) is 0.326. The van der Waals surface area contributed by atoms with E-state index >= 15 is 0 Å². The summed E-state index contributed by atoms with van der Waals surface area (Å²) in [5.41, 5.74) is 21.9. The fourth-order valence-electron chi connectivity index (χ4n) is 18.2. The van der Waals surface area contributed by atoms with E-state index in [1.54, 1.807) is 0 Å². The number of fused-ring (bicyclic) bond motifs is 12. The predicted octanol–water partition coefficient (Wildman–Crippen LogP) is 9.79. The van der Waals surface area contributed by atoms with Gasteiger partial charge in [-0.2, -0.15) is 19.9 Å². The SMILES string of the molecule is Cc1cc2nc3c(=O)[nH]c(=O)nc-3n(CCN(C)C3CCCc4ccccc43)c2cc1C.Cc1cc2nc3c(=O)[nH]c(=O)nc-3n(CCN3CCc4ccccc4C3)c2cc1C.Cc1cc2nc3c(=O)[nH]c(=O)nc-3n(CCNC3CCCc4ccccc43)c2cc1C.Cc1cc2nc3c(=O)[nH]c(=O)nc-3n(CCN[C@H]3c4ccccc4C[C@@H]3O)c2cc1C. The second-order valence-corrected chi connectivity index (χ2v) is 33.3. The molecule has 0 fully saturated rings. The summed E-state index contributed by atoms with van der Waals surface area (Å²) >= 11 is 0. The van der Waals surface area contributed by atoms with E-state index in [9.17, 15) is 43.5 Å². The smallest absolute Gasteiger partial charge is 0.349 e. The average Bonchev–Trinajstić information content (AvgIpc) is 1.00. The predicted molar refractivity (Wildman–Crippen MR) is 479 cm³/mol. The molecule has 0 saturated carbocycles. The Balaban J connectivity index is 0.000000117. The lowest BCUT2D eigenvalue weighted by Crippen LogP contribution is -2.34. The maximum atomic E-state index is 12.5. The van der Waals surface area contributed by atoms with Gasteiger partial charge in [0.25, 0.3) is 22.2 Å². The van der Waals surface area contributed by atoms with Gasteiger partial charge in [0.1, 0.15) is 0 Å². The van der Waals surface area contributed by atoms with Crippen molar-refractivity contribution in [2.75, 3.05) is 39.8 Å². The van der Waals surface area contributed by atoms with Crippen LogP contribution < -0.4 is 55.6 Å². The Morgan fingerprint density at radius 1 is 0.387 bits per heavy atom. The highest BCUT2D eigenvalue weighted by molar-refractivity contribution is 5.84. The van der Waals surface area contributed by atoms with Crippen molar-refractivity contribution in [3.05, 3.63) is 318 Å². The monoisotopic (exact) mass is 1660 g/mol. The molecule has 29 nitrogen and oxygen atoms in total. The second-order valence-electron chi connectivity index (χ2n) is 33.3. The van der Waals surface area contributed by atoms with E-state index in [1.807, 2.05) is 114 Å². The molecule has 0 saturated heterocycles. The van der Waals surface area contributed by atoms with Crippen molar-refractivity contribution in [2.45, 2.75) is 164 Å². The largest absolute Gasteiger partial charge is 0.391 e. The Morgan fingerprint density at radius 3 is 1.21 bits per heavy atom. The van der Waals surface area contributed by atoms with E-state index in [1.165, 1.54) is 39.8 Å². The Morgan fingerprint density at radius 2 is 0.750 bits per heavy atom. The third kappa shape index (κ3) is 16.8. The Bertz CT molecular complexity index is 7220. The number of H-pyrrole nitrogens is 4. The van der Waals surface area contributed by atoms with Crippen LogP contribution >= 0.6 is 0 Å². The number of nitrogens with zero attached hydrogens (tertiary/aromatic N) is 14. The molecule has 9 aliphatic heterocycles. The van der Waals surface area contributed by atoms with Gasteiger partial charge in [0.15, 0.2) is 46.1 Å². The number of nitrogens with one attached hydrogen (secondary N) is 6. The third-order valence-electron chi connectivity index (χ3n) is 25.3. The van der Waals surface area contributed by atoms with Gasteiger partial charge in [-0.3, -0.25) is 48.9 Å². The first-order valence-corrected chi connectivity index (χ1v) is 42.4. The Kier molecular flexibility index (Phi) is 23.3. The van der Waals surface area contributed by atoms with E-state index in [-0.39, 0.29) is 34.6 Å². The maximum absolute atomic E-state index is 12.5. The van der Waals surface area contributed by atoms with Gasteiger partial charge in [-0.1, -0.05) is 97.1 Å². The molecule has 4 atom stereocenters. The van der Waals surface area contributed by atoms with Crippen molar-refractivity contribution >= 4 is 44.1 Å². The zero-order valence-corrected chi connectivity index (χ0v) is 70.9. The van der Waals surface area contributed by atoms with Crippen LogP contribution in [0.15, 0.2) is 184 Å². The minimum atomic E-state index is -0.690. The molecule has 124 heavy (non-hydrogen) atoms. The van der Waals surface area contributed by atoms with Crippen LogP contribution in [0.3, 0.4) is 0 Å². The van der Waals surface area contributed by atoms with Gasteiger partial charge in [-0.05, 0) is 245 Å². The van der Waals surface area contributed by atoms with Gasteiger partial charge in [0.05, 0.1) is 56.3 Å². The molecule has 0 aromatic heterocycles. The van der Waals surface area contributed by atoms with Crippen LogP contribution in [0.5, 0.6) is 0 Å². The van der Waals surface area contributed by atoms with E-state index in [0.29, 0.717) is 80.8 Å². The first-order valence-electron chi connectivity index (χ1n) is 42.4. The fourth-order valence-corrected chi connectivity index (χ4v) is 18.2. The summed E-state index contributed by atoms with van der Waals surface area (Å²) in [4.78, 5) is 146. The molecule has 29 heteroatoms. The summed E-state index contributed by atoms with van der Waals surface area (Å²) < 4.78 is 7.76. The van der Waals surface area contributed by atoms with Gasteiger partial charge in [0, 0.05) is 84.0 Å². The number of likely N-dealkylation sites (N-methyl/N-ethyl adjacent to an activating group) is 1. The highest BCUT2D eigenvalue weighted by Crippen LogP contribution is 2.37. The number of benzene rings is 8. The van der Waals surface area contributed by atoms with Crippen molar-refractivity contribution in [2.24, 2.45) is 0 Å². The van der Waals surface area contributed by atoms with Crippen LogP contribution in [-0.2, 0) is 58.4 Å².